The molecule has 120 valence electrons. The SMILES string of the molecule is COc1cc(-c2ccccc2)sc1C(=O)N1CC[C@H](C(N)=O)C1. The van der Waals surface area contributed by atoms with E-state index in [1.807, 2.05) is 36.4 Å². The van der Waals surface area contributed by atoms with E-state index in [0.29, 0.717) is 30.1 Å². The van der Waals surface area contributed by atoms with Gasteiger partial charge >= 0.3 is 0 Å². The molecule has 5 nitrogen and oxygen atoms in total. The van der Waals surface area contributed by atoms with Crippen LogP contribution in [0.15, 0.2) is 36.4 Å². The summed E-state index contributed by atoms with van der Waals surface area (Å²) >= 11 is 1.41. The second-order valence-corrected chi connectivity index (χ2v) is 6.57. The maximum atomic E-state index is 12.7. The Hall–Kier alpha value is -2.34. The summed E-state index contributed by atoms with van der Waals surface area (Å²) in [6, 6.07) is 11.8. The Kier molecular flexibility index (Phi) is 4.34. The number of nitrogens with zero attached hydrogens (tertiary/aromatic N) is 1. The lowest BCUT2D eigenvalue weighted by Crippen LogP contribution is -2.31. The Balaban J connectivity index is 1.86. The number of primary amides is 1. The number of ether oxygens (including phenoxy) is 1. The summed E-state index contributed by atoms with van der Waals surface area (Å²) in [5, 5.41) is 0. The fourth-order valence-electron chi connectivity index (χ4n) is 2.74. The van der Waals surface area contributed by atoms with E-state index in [1.54, 1.807) is 12.0 Å². The molecular formula is C17H18N2O3S. The van der Waals surface area contributed by atoms with E-state index in [0.717, 1.165) is 10.4 Å². The van der Waals surface area contributed by atoms with Crippen molar-refractivity contribution in [1.29, 1.82) is 0 Å². The average Bonchev–Trinajstić information content (AvgIpc) is 3.22. The van der Waals surface area contributed by atoms with Gasteiger partial charge in [-0.05, 0) is 18.1 Å². The van der Waals surface area contributed by atoms with Crippen LogP contribution >= 0.6 is 11.3 Å². The fraction of sp³-hybridized carbons (Fsp3) is 0.294. The van der Waals surface area contributed by atoms with Crippen molar-refractivity contribution in [2.24, 2.45) is 11.7 Å². The van der Waals surface area contributed by atoms with Crippen molar-refractivity contribution in [1.82, 2.24) is 4.90 Å². The number of nitrogens with two attached hydrogens (primary N) is 1. The van der Waals surface area contributed by atoms with Crippen molar-refractivity contribution in [2.45, 2.75) is 6.42 Å². The number of amides is 2. The lowest BCUT2D eigenvalue weighted by molar-refractivity contribution is -0.121. The van der Waals surface area contributed by atoms with Gasteiger partial charge in [-0.15, -0.1) is 11.3 Å². The number of hydrogen-bond donors (Lipinski definition) is 1. The van der Waals surface area contributed by atoms with E-state index in [1.165, 1.54) is 11.3 Å². The number of benzene rings is 1. The lowest BCUT2D eigenvalue weighted by atomic mass is 10.1. The maximum absolute atomic E-state index is 12.7. The largest absolute Gasteiger partial charge is 0.495 e. The zero-order chi connectivity index (χ0) is 16.4. The van der Waals surface area contributed by atoms with Crippen LogP contribution in [-0.4, -0.2) is 36.9 Å². The van der Waals surface area contributed by atoms with Crippen LogP contribution in [0.5, 0.6) is 5.75 Å². The highest BCUT2D eigenvalue weighted by atomic mass is 32.1. The molecule has 2 N–H and O–H groups in total. The Morgan fingerprint density at radius 1 is 1.30 bits per heavy atom. The van der Waals surface area contributed by atoms with Gasteiger partial charge in [-0.25, -0.2) is 0 Å². The van der Waals surface area contributed by atoms with Crippen LogP contribution in [0.2, 0.25) is 0 Å². The van der Waals surface area contributed by atoms with E-state index in [2.05, 4.69) is 0 Å². The highest BCUT2D eigenvalue weighted by Gasteiger charge is 2.32. The molecule has 2 amide bonds. The highest BCUT2D eigenvalue weighted by molar-refractivity contribution is 7.17. The molecule has 23 heavy (non-hydrogen) atoms. The second kappa shape index (κ2) is 6.42. The molecule has 1 aliphatic rings. The van der Waals surface area contributed by atoms with Crippen molar-refractivity contribution in [3.05, 3.63) is 41.3 Å². The average molecular weight is 330 g/mol. The molecule has 1 fully saturated rings. The molecule has 1 aliphatic heterocycles. The summed E-state index contributed by atoms with van der Waals surface area (Å²) in [6.07, 6.45) is 0.625. The predicted molar refractivity (Wildman–Crippen MR) is 89.5 cm³/mol. The molecule has 1 saturated heterocycles. The van der Waals surface area contributed by atoms with Crippen LogP contribution in [0.1, 0.15) is 16.1 Å². The molecule has 0 aliphatic carbocycles. The predicted octanol–water partition coefficient (Wildman–Crippen LogP) is 2.37. The quantitative estimate of drug-likeness (QED) is 0.935. The molecular weight excluding hydrogens is 312 g/mol. The van der Waals surface area contributed by atoms with Gasteiger partial charge in [0.05, 0.1) is 13.0 Å². The van der Waals surface area contributed by atoms with Crippen molar-refractivity contribution < 1.29 is 14.3 Å². The fourth-order valence-corrected chi connectivity index (χ4v) is 3.84. The minimum absolute atomic E-state index is 0.0993. The summed E-state index contributed by atoms with van der Waals surface area (Å²) in [4.78, 5) is 27.3. The van der Waals surface area contributed by atoms with E-state index in [9.17, 15) is 9.59 Å². The van der Waals surface area contributed by atoms with Gasteiger partial charge in [0, 0.05) is 18.0 Å². The van der Waals surface area contributed by atoms with Crippen LogP contribution in [0.3, 0.4) is 0 Å². The number of methoxy groups -OCH3 is 1. The van der Waals surface area contributed by atoms with E-state index >= 15 is 0 Å². The van der Waals surface area contributed by atoms with Crippen LogP contribution in [0.25, 0.3) is 10.4 Å². The molecule has 0 saturated carbocycles. The lowest BCUT2D eigenvalue weighted by Gasteiger charge is -2.15. The van der Waals surface area contributed by atoms with E-state index in [-0.39, 0.29) is 17.7 Å². The van der Waals surface area contributed by atoms with Crippen molar-refractivity contribution in [3.63, 3.8) is 0 Å². The molecule has 3 rings (SSSR count). The van der Waals surface area contributed by atoms with Crippen LogP contribution in [-0.2, 0) is 4.79 Å². The molecule has 1 atom stereocenters. The third-order valence-electron chi connectivity index (χ3n) is 4.05. The molecule has 0 radical (unpaired) electrons. The molecule has 2 heterocycles. The Morgan fingerprint density at radius 3 is 2.65 bits per heavy atom. The van der Waals surface area contributed by atoms with Gasteiger partial charge in [0.15, 0.2) is 0 Å². The zero-order valence-corrected chi connectivity index (χ0v) is 13.6. The third kappa shape index (κ3) is 3.07. The second-order valence-electron chi connectivity index (χ2n) is 5.51. The summed E-state index contributed by atoms with van der Waals surface area (Å²) in [5.74, 6) is -0.124. The Labute approximate surface area is 138 Å². The molecule has 0 unspecified atom stereocenters. The first kappa shape index (κ1) is 15.6. The normalized spacial score (nSPS) is 17.3. The minimum Gasteiger partial charge on any atom is -0.495 e. The molecule has 0 bridgehead atoms. The number of likely N-dealkylation sites (tertiary alicyclic amines) is 1. The first-order valence-corrected chi connectivity index (χ1v) is 8.23. The zero-order valence-electron chi connectivity index (χ0n) is 12.8. The summed E-state index contributed by atoms with van der Waals surface area (Å²) in [7, 11) is 1.56. The molecule has 2 aromatic rings. The van der Waals surface area contributed by atoms with Gasteiger partial charge in [-0.1, -0.05) is 30.3 Å². The third-order valence-corrected chi connectivity index (χ3v) is 5.20. The van der Waals surface area contributed by atoms with E-state index in [4.69, 9.17) is 10.5 Å². The molecule has 0 spiro atoms. The molecule has 6 heteroatoms. The minimum atomic E-state index is -0.344. The highest BCUT2D eigenvalue weighted by Crippen LogP contribution is 2.37. The topological polar surface area (TPSA) is 72.6 Å². The Morgan fingerprint density at radius 2 is 2.04 bits per heavy atom. The maximum Gasteiger partial charge on any atom is 0.267 e. The van der Waals surface area contributed by atoms with Gasteiger partial charge in [0.2, 0.25) is 5.91 Å². The monoisotopic (exact) mass is 330 g/mol. The van der Waals surface area contributed by atoms with Gasteiger partial charge in [-0.2, -0.15) is 0 Å². The number of thiophene rings is 1. The number of rotatable bonds is 4. The number of hydrogen-bond acceptors (Lipinski definition) is 4. The summed E-state index contributed by atoms with van der Waals surface area (Å²) < 4.78 is 5.37. The smallest absolute Gasteiger partial charge is 0.267 e. The number of carbonyl (C=O) groups excluding carboxylic acids is 2. The van der Waals surface area contributed by atoms with Crippen LogP contribution in [0, 0.1) is 5.92 Å². The van der Waals surface area contributed by atoms with Crippen molar-refractivity contribution in [3.8, 4) is 16.2 Å². The Bertz CT molecular complexity index is 727. The standard InChI is InChI=1S/C17H18N2O3S/c1-22-13-9-14(11-5-3-2-4-6-11)23-15(13)17(21)19-8-7-12(10-19)16(18)20/h2-6,9,12H,7-8,10H2,1H3,(H2,18,20)/t12-/m0/s1. The number of carbonyl (C=O) groups is 2. The van der Waals surface area contributed by atoms with Gasteiger partial charge in [0.25, 0.3) is 5.91 Å². The first-order chi connectivity index (χ1) is 11.1. The molecule has 1 aromatic heterocycles. The van der Waals surface area contributed by atoms with Crippen molar-refractivity contribution in [2.75, 3.05) is 20.2 Å². The van der Waals surface area contributed by atoms with Crippen molar-refractivity contribution >= 4 is 23.2 Å². The van der Waals surface area contributed by atoms with Gasteiger partial charge < -0.3 is 15.4 Å². The summed E-state index contributed by atoms with van der Waals surface area (Å²) in [5.41, 5.74) is 6.38. The van der Waals surface area contributed by atoms with Crippen LogP contribution < -0.4 is 10.5 Å². The first-order valence-electron chi connectivity index (χ1n) is 7.42. The van der Waals surface area contributed by atoms with E-state index < -0.39 is 0 Å². The molecule has 1 aromatic carbocycles. The van der Waals surface area contributed by atoms with Gasteiger partial charge in [0.1, 0.15) is 10.6 Å². The van der Waals surface area contributed by atoms with Gasteiger partial charge in [-0.3, -0.25) is 9.59 Å². The summed E-state index contributed by atoms with van der Waals surface area (Å²) in [6.45, 7) is 0.935. The van der Waals surface area contributed by atoms with Crippen LogP contribution in [0.4, 0.5) is 0 Å².